The van der Waals surface area contributed by atoms with Gasteiger partial charge in [0.2, 0.25) is 5.91 Å². The van der Waals surface area contributed by atoms with Crippen molar-refractivity contribution >= 4 is 11.6 Å². The topological polar surface area (TPSA) is 20.3 Å². The van der Waals surface area contributed by atoms with E-state index in [1.807, 2.05) is 18.2 Å². The molecule has 1 fully saturated rings. The molecule has 1 heterocycles. The summed E-state index contributed by atoms with van der Waals surface area (Å²) in [4.78, 5) is 13.5. The van der Waals surface area contributed by atoms with Crippen LogP contribution in [0, 0.1) is 17.6 Å². The molecule has 0 aromatic heterocycles. The first-order valence-electron chi connectivity index (χ1n) is 7.43. The zero-order chi connectivity index (χ0) is 15.5. The minimum absolute atomic E-state index is 0.0483. The molecule has 0 spiro atoms. The average molecular weight is 301 g/mol. The Bertz CT molecular complexity index is 672. The average Bonchev–Trinajstić information content (AvgIpc) is 2.90. The van der Waals surface area contributed by atoms with Crippen LogP contribution in [0.5, 0.6) is 0 Å². The van der Waals surface area contributed by atoms with Crippen LogP contribution in [0.3, 0.4) is 0 Å². The van der Waals surface area contributed by atoms with Crippen molar-refractivity contribution < 1.29 is 13.6 Å². The lowest BCUT2D eigenvalue weighted by Gasteiger charge is -2.17. The SMILES string of the molecule is O=C1CC(CCc2ccccc2)CN1c1cccc(F)c1F. The molecule has 1 aliphatic heterocycles. The Hall–Kier alpha value is -2.23. The fourth-order valence-corrected chi connectivity index (χ4v) is 2.92. The third-order valence-corrected chi connectivity index (χ3v) is 4.11. The van der Waals surface area contributed by atoms with Crippen LogP contribution in [0.25, 0.3) is 0 Å². The number of carbonyl (C=O) groups is 1. The highest BCUT2D eigenvalue weighted by molar-refractivity contribution is 5.95. The predicted octanol–water partition coefficient (Wildman–Crippen LogP) is 3.95. The largest absolute Gasteiger partial charge is 0.309 e. The monoisotopic (exact) mass is 301 g/mol. The van der Waals surface area contributed by atoms with E-state index in [1.54, 1.807) is 0 Å². The maximum atomic E-state index is 13.8. The van der Waals surface area contributed by atoms with E-state index in [-0.39, 0.29) is 17.5 Å². The van der Waals surface area contributed by atoms with Crippen LogP contribution in [0.4, 0.5) is 14.5 Å². The first kappa shape index (κ1) is 14.7. The van der Waals surface area contributed by atoms with Gasteiger partial charge in [0.05, 0.1) is 5.69 Å². The number of benzene rings is 2. The Kier molecular flexibility index (Phi) is 4.18. The molecule has 1 saturated heterocycles. The molecule has 0 aliphatic carbocycles. The summed E-state index contributed by atoms with van der Waals surface area (Å²) in [5, 5.41) is 0. The van der Waals surface area contributed by atoms with Crippen LogP contribution in [0.1, 0.15) is 18.4 Å². The molecule has 2 nitrogen and oxygen atoms in total. The van der Waals surface area contributed by atoms with Crippen LogP contribution < -0.4 is 4.90 Å². The van der Waals surface area contributed by atoms with E-state index in [0.717, 1.165) is 18.9 Å². The van der Waals surface area contributed by atoms with Gasteiger partial charge in [-0.05, 0) is 36.5 Å². The summed E-state index contributed by atoms with van der Waals surface area (Å²) in [7, 11) is 0. The van der Waals surface area contributed by atoms with Gasteiger partial charge in [-0.2, -0.15) is 0 Å². The van der Waals surface area contributed by atoms with Gasteiger partial charge in [0.15, 0.2) is 11.6 Å². The highest BCUT2D eigenvalue weighted by atomic mass is 19.2. The third-order valence-electron chi connectivity index (χ3n) is 4.11. The molecule has 2 aromatic carbocycles. The summed E-state index contributed by atoms with van der Waals surface area (Å²) in [5.74, 6) is -1.82. The molecule has 0 radical (unpaired) electrons. The molecule has 22 heavy (non-hydrogen) atoms. The molecule has 4 heteroatoms. The molecule has 1 unspecified atom stereocenters. The smallest absolute Gasteiger partial charge is 0.227 e. The fourth-order valence-electron chi connectivity index (χ4n) is 2.92. The molecule has 1 amide bonds. The van der Waals surface area contributed by atoms with E-state index in [1.165, 1.54) is 22.6 Å². The van der Waals surface area contributed by atoms with Gasteiger partial charge in [0.25, 0.3) is 0 Å². The van der Waals surface area contributed by atoms with Crippen molar-refractivity contribution in [2.75, 3.05) is 11.4 Å². The zero-order valence-electron chi connectivity index (χ0n) is 12.1. The van der Waals surface area contributed by atoms with Gasteiger partial charge in [-0.15, -0.1) is 0 Å². The number of anilines is 1. The number of hydrogen-bond acceptors (Lipinski definition) is 1. The number of rotatable bonds is 4. The molecule has 0 bridgehead atoms. The van der Waals surface area contributed by atoms with Gasteiger partial charge >= 0.3 is 0 Å². The van der Waals surface area contributed by atoms with Crippen LogP contribution in [-0.2, 0) is 11.2 Å². The van der Waals surface area contributed by atoms with E-state index in [2.05, 4.69) is 12.1 Å². The molecule has 2 aromatic rings. The van der Waals surface area contributed by atoms with Gasteiger partial charge in [-0.3, -0.25) is 4.79 Å². The Morgan fingerprint density at radius 3 is 2.59 bits per heavy atom. The van der Waals surface area contributed by atoms with E-state index in [0.29, 0.717) is 13.0 Å². The molecule has 0 N–H and O–H groups in total. The zero-order valence-corrected chi connectivity index (χ0v) is 12.1. The number of amides is 1. The van der Waals surface area contributed by atoms with E-state index >= 15 is 0 Å². The molecule has 0 saturated carbocycles. The van der Waals surface area contributed by atoms with Gasteiger partial charge in [0.1, 0.15) is 0 Å². The predicted molar refractivity (Wildman–Crippen MR) is 81.6 cm³/mol. The van der Waals surface area contributed by atoms with Crippen LogP contribution >= 0.6 is 0 Å². The molecular formula is C18H17F2NO. The Balaban J connectivity index is 1.67. The lowest BCUT2D eigenvalue weighted by molar-refractivity contribution is -0.117. The van der Waals surface area contributed by atoms with Crippen LogP contribution in [0.2, 0.25) is 0 Å². The summed E-state index contributed by atoms with van der Waals surface area (Å²) in [6.45, 7) is 0.450. The summed E-state index contributed by atoms with van der Waals surface area (Å²) in [6, 6.07) is 14.0. The number of halogens is 2. The second-order valence-electron chi connectivity index (χ2n) is 5.67. The van der Waals surface area contributed by atoms with E-state index < -0.39 is 11.6 Å². The van der Waals surface area contributed by atoms with Gasteiger partial charge < -0.3 is 4.90 Å². The van der Waals surface area contributed by atoms with Gasteiger partial charge in [-0.25, -0.2) is 8.78 Å². The Morgan fingerprint density at radius 1 is 1.05 bits per heavy atom. The Labute approximate surface area is 128 Å². The van der Waals surface area contributed by atoms with Crippen molar-refractivity contribution in [2.24, 2.45) is 5.92 Å². The highest BCUT2D eigenvalue weighted by Crippen LogP contribution is 2.30. The standard InChI is InChI=1S/C18H17F2NO/c19-15-7-4-8-16(18(15)20)21-12-14(11-17(21)22)10-9-13-5-2-1-3-6-13/h1-8,14H,9-12H2. The minimum atomic E-state index is -0.945. The summed E-state index contributed by atoms with van der Waals surface area (Å²) in [5.41, 5.74) is 1.28. The van der Waals surface area contributed by atoms with Crippen molar-refractivity contribution in [1.29, 1.82) is 0 Å². The number of carbonyl (C=O) groups excluding carboxylic acids is 1. The number of nitrogens with zero attached hydrogens (tertiary/aromatic N) is 1. The van der Waals surface area contributed by atoms with Crippen molar-refractivity contribution in [2.45, 2.75) is 19.3 Å². The summed E-state index contributed by atoms with van der Waals surface area (Å²) < 4.78 is 27.1. The lowest BCUT2D eigenvalue weighted by atomic mass is 9.99. The van der Waals surface area contributed by atoms with Crippen molar-refractivity contribution in [1.82, 2.24) is 0 Å². The molecule has 1 aliphatic rings. The summed E-state index contributed by atoms with van der Waals surface area (Å²) in [6.07, 6.45) is 2.14. The van der Waals surface area contributed by atoms with E-state index in [9.17, 15) is 13.6 Å². The molecule has 114 valence electrons. The van der Waals surface area contributed by atoms with Gasteiger partial charge in [0, 0.05) is 13.0 Å². The fraction of sp³-hybridized carbons (Fsp3) is 0.278. The van der Waals surface area contributed by atoms with E-state index in [4.69, 9.17) is 0 Å². The normalized spacial score (nSPS) is 18.0. The minimum Gasteiger partial charge on any atom is -0.309 e. The van der Waals surface area contributed by atoms with Crippen LogP contribution in [0.15, 0.2) is 48.5 Å². The van der Waals surface area contributed by atoms with Crippen molar-refractivity contribution in [3.8, 4) is 0 Å². The second kappa shape index (κ2) is 6.26. The maximum Gasteiger partial charge on any atom is 0.227 e. The maximum absolute atomic E-state index is 13.8. The first-order valence-corrected chi connectivity index (χ1v) is 7.43. The van der Waals surface area contributed by atoms with Crippen LogP contribution in [-0.4, -0.2) is 12.5 Å². The number of hydrogen-bond donors (Lipinski definition) is 0. The highest BCUT2D eigenvalue weighted by Gasteiger charge is 2.32. The summed E-state index contributed by atoms with van der Waals surface area (Å²) >= 11 is 0. The second-order valence-corrected chi connectivity index (χ2v) is 5.67. The van der Waals surface area contributed by atoms with Crippen molar-refractivity contribution in [3.05, 3.63) is 65.7 Å². The third kappa shape index (κ3) is 3.01. The molecular weight excluding hydrogens is 284 g/mol. The van der Waals surface area contributed by atoms with Gasteiger partial charge in [-0.1, -0.05) is 36.4 Å². The van der Waals surface area contributed by atoms with Crippen molar-refractivity contribution in [3.63, 3.8) is 0 Å². The lowest BCUT2D eigenvalue weighted by Crippen LogP contribution is -2.25. The quantitative estimate of drug-likeness (QED) is 0.837. The molecule has 3 rings (SSSR count). The molecule has 1 atom stereocenters. The first-order chi connectivity index (χ1) is 10.6. The number of aryl methyl sites for hydroxylation is 1. The Morgan fingerprint density at radius 2 is 1.82 bits per heavy atom.